The summed E-state index contributed by atoms with van der Waals surface area (Å²) in [7, 11) is 1.77. The maximum Gasteiger partial charge on any atom is 0.227 e. The van der Waals surface area contributed by atoms with Crippen LogP contribution in [0, 0.1) is 10.8 Å². The molecule has 1 fully saturated rings. The zero-order chi connectivity index (χ0) is 18.8. The van der Waals surface area contributed by atoms with Crippen LogP contribution in [0.2, 0.25) is 0 Å². The molecule has 1 aliphatic rings. The molecular formula is C19H39IN4O2. The highest BCUT2D eigenvalue weighted by Gasteiger charge is 2.33. The van der Waals surface area contributed by atoms with Gasteiger partial charge in [0.05, 0.1) is 12.0 Å². The van der Waals surface area contributed by atoms with Gasteiger partial charge in [0, 0.05) is 33.4 Å². The van der Waals surface area contributed by atoms with Crippen molar-refractivity contribution >= 4 is 35.8 Å². The van der Waals surface area contributed by atoms with Gasteiger partial charge in [-0.3, -0.25) is 9.79 Å². The van der Waals surface area contributed by atoms with Crippen LogP contribution in [0.3, 0.4) is 0 Å². The fourth-order valence-electron chi connectivity index (χ4n) is 3.32. The van der Waals surface area contributed by atoms with Gasteiger partial charge in [0.1, 0.15) is 0 Å². The Hall–Kier alpha value is -0.570. The number of hydrogen-bond acceptors (Lipinski definition) is 3. The molecule has 0 saturated heterocycles. The number of rotatable bonds is 10. The molecule has 0 radical (unpaired) electrons. The summed E-state index contributed by atoms with van der Waals surface area (Å²) in [5.74, 6) is 0.838. The summed E-state index contributed by atoms with van der Waals surface area (Å²) in [6.07, 6.45) is 6.16. The van der Waals surface area contributed by atoms with Crippen molar-refractivity contribution in [2.24, 2.45) is 15.8 Å². The predicted octanol–water partition coefficient (Wildman–Crippen LogP) is 2.92. The van der Waals surface area contributed by atoms with E-state index in [1.807, 2.05) is 20.8 Å². The van der Waals surface area contributed by atoms with Crippen molar-refractivity contribution < 1.29 is 9.53 Å². The second kappa shape index (κ2) is 12.8. The lowest BCUT2D eigenvalue weighted by Crippen LogP contribution is -2.45. The lowest BCUT2D eigenvalue weighted by molar-refractivity contribution is -0.128. The molecule has 0 unspecified atom stereocenters. The molecular weight excluding hydrogens is 443 g/mol. The number of hydrogen-bond donors (Lipinski definition) is 3. The van der Waals surface area contributed by atoms with Gasteiger partial charge in [0.2, 0.25) is 5.91 Å². The average molecular weight is 482 g/mol. The number of aliphatic imine (C=N–C) groups is 1. The van der Waals surface area contributed by atoms with E-state index in [9.17, 15) is 4.79 Å². The molecule has 1 aliphatic carbocycles. The van der Waals surface area contributed by atoms with Crippen LogP contribution in [0.1, 0.15) is 59.8 Å². The Labute approximate surface area is 176 Å². The molecule has 6 nitrogen and oxygen atoms in total. The van der Waals surface area contributed by atoms with E-state index in [2.05, 4.69) is 27.9 Å². The van der Waals surface area contributed by atoms with Crippen molar-refractivity contribution in [1.82, 2.24) is 16.0 Å². The minimum Gasteiger partial charge on any atom is -0.385 e. The molecule has 7 heteroatoms. The zero-order valence-electron chi connectivity index (χ0n) is 17.2. The van der Waals surface area contributed by atoms with E-state index in [0.717, 1.165) is 32.1 Å². The third-order valence-electron chi connectivity index (χ3n) is 5.06. The largest absolute Gasteiger partial charge is 0.385 e. The smallest absolute Gasteiger partial charge is 0.227 e. The van der Waals surface area contributed by atoms with Gasteiger partial charge in [-0.15, -0.1) is 24.0 Å². The fourth-order valence-corrected chi connectivity index (χ4v) is 3.32. The number of halogens is 1. The Kier molecular flexibility index (Phi) is 12.5. The molecule has 3 N–H and O–H groups in total. The molecule has 0 atom stereocenters. The molecule has 154 valence electrons. The first kappa shape index (κ1) is 25.4. The lowest BCUT2D eigenvalue weighted by Gasteiger charge is -2.30. The van der Waals surface area contributed by atoms with Crippen LogP contribution in [0.15, 0.2) is 4.99 Å². The molecule has 0 heterocycles. The summed E-state index contributed by atoms with van der Waals surface area (Å²) in [6, 6.07) is 0. The number of nitrogens with zero attached hydrogens (tertiary/aromatic N) is 1. The summed E-state index contributed by atoms with van der Waals surface area (Å²) in [6.45, 7) is 11.5. The van der Waals surface area contributed by atoms with Gasteiger partial charge in [-0.05, 0) is 52.4 Å². The van der Waals surface area contributed by atoms with Crippen molar-refractivity contribution in [3.05, 3.63) is 0 Å². The number of carbonyl (C=O) groups is 1. The number of amides is 1. The average Bonchev–Trinajstić information content (AvgIpc) is 3.05. The maximum absolute atomic E-state index is 12.1. The van der Waals surface area contributed by atoms with Crippen molar-refractivity contribution in [3.8, 4) is 0 Å². The lowest BCUT2D eigenvalue weighted by atomic mass is 9.83. The number of guanidine groups is 1. The molecule has 0 bridgehead atoms. The van der Waals surface area contributed by atoms with Crippen molar-refractivity contribution in [3.63, 3.8) is 0 Å². The SMILES string of the molecule is CCNC(=O)C(C)(C)CN=C(NCC)NCC1(CCOC)CCCC1.I. The van der Waals surface area contributed by atoms with Crippen LogP contribution in [0.25, 0.3) is 0 Å². The van der Waals surface area contributed by atoms with E-state index in [4.69, 9.17) is 4.74 Å². The summed E-state index contributed by atoms with van der Waals surface area (Å²) in [5.41, 5.74) is -0.208. The normalized spacial score (nSPS) is 16.7. The van der Waals surface area contributed by atoms with E-state index in [1.165, 1.54) is 25.7 Å². The first-order chi connectivity index (χ1) is 11.9. The van der Waals surface area contributed by atoms with Gasteiger partial charge in [-0.1, -0.05) is 12.8 Å². The number of nitrogens with one attached hydrogen (secondary N) is 3. The molecule has 0 aliphatic heterocycles. The standard InChI is InChI=1S/C19H38N4O2.HI/c1-6-20-16(24)18(3,4)14-22-17(21-7-2)23-15-19(12-13-25-5)10-8-9-11-19;/h6-15H2,1-5H3,(H,20,24)(H2,21,22,23);1H. The number of carbonyl (C=O) groups excluding carboxylic acids is 1. The molecule has 0 aromatic rings. The van der Waals surface area contributed by atoms with Crippen molar-refractivity contribution in [2.75, 3.05) is 39.9 Å². The highest BCUT2D eigenvalue weighted by atomic mass is 127. The first-order valence-corrected chi connectivity index (χ1v) is 9.68. The second-order valence-electron chi connectivity index (χ2n) is 7.74. The zero-order valence-corrected chi connectivity index (χ0v) is 19.6. The van der Waals surface area contributed by atoms with Crippen LogP contribution >= 0.6 is 24.0 Å². The van der Waals surface area contributed by atoms with Crippen LogP contribution < -0.4 is 16.0 Å². The Bertz CT molecular complexity index is 435. The van der Waals surface area contributed by atoms with Gasteiger partial charge < -0.3 is 20.7 Å². The van der Waals surface area contributed by atoms with Gasteiger partial charge in [0.15, 0.2) is 5.96 Å². The van der Waals surface area contributed by atoms with E-state index in [-0.39, 0.29) is 29.9 Å². The van der Waals surface area contributed by atoms with E-state index in [0.29, 0.717) is 18.5 Å². The van der Waals surface area contributed by atoms with Crippen molar-refractivity contribution in [1.29, 1.82) is 0 Å². The Morgan fingerprint density at radius 3 is 2.27 bits per heavy atom. The molecule has 1 amide bonds. The third kappa shape index (κ3) is 8.41. The topological polar surface area (TPSA) is 74.8 Å². The maximum atomic E-state index is 12.1. The fraction of sp³-hybridized carbons (Fsp3) is 0.895. The number of ether oxygens (including phenoxy) is 1. The third-order valence-corrected chi connectivity index (χ3v) is 5.06. The van der Waals surface area contributed by atoms with Gasteiger partial charge in [0.25, 0.3) is 0 Å². The molecule has 1 rings (SSSR count). The van der Waals surface area contributed by atoms with E-state index >= 15 is 0 Å². The predicted molar refractivity (Wildman–Crippen MR) is 119 cm³/mol. The van der Waals surface area contributed by atoms with Gasteiger partial charge in [-0.2, -0.15) is 0 Å². The molecule has 26 heavy (non-hydrogen) atoms. The Morgan fingerprint density at radius 2 is 1.73 bits per heavy atom. The monoisotopic (exact) mass is 482 g/mol. The highest BCUT2D eigenvalue weighted by Crippen LogP contribution is 2.40. The minimum absolute atomic E-state index is 0. The van der Waals surface area contributed by atoms with Gasteiger partial charge >= 0.3 is 0 Å². The second-order valence-corrected chi connectivity index (χ2v) is 7.74. The van der Waals surface area contributed by atoms with Crippen molar-refractivity contribution in [2.45, 2.75) is 59.8 Å². The summed E-state index contributed by atoms with van der Waals surface area (Å²) in [5, 5.41) is 9.69. The molecule has 0 aromatic carbocycles. The quantitative estimate of drug-likeness (QED) is 0.254. The van der Waals surface area contributed by atoms with E-state index in [1.54, 1.807) is 7.11 Å². The Morgan fingerprint density at radius 1 is 1.12 bits per heavy atom. The summed E-state index contributed by atoms with van der Waals surface area (Å²) in [4.78, 5) is 16.8. The molecule has 0 spiro atoms. The first-order valence-electron chi connectivity index (χ1n) is 9.68. The Balaban J connectivity index is 0.00000625. The van der Waals surface area contributed by atoms with Crippen LogP contribution in [0.5, 0.6) is 0 Å². The van der Waals surface area contributed by atoms with E-state index < -0.39 is 5.41 Å². The summed E-state index contributed by atoms with van der Waals surface area (Å²) >= 11 is 0. The van der Waals surface area contributed by atoms with Crippen LogP contribution in [-0.2, 0) is 9.53 Å². The van der Waals surface area contributed by atoms with Crippen LogP contribution in [-0.4, -0.2) is 51.8 Å². The highest BCUT2D eigenvalue weighted by molar-refractivity contribution is 14.0. The minimum atomic E-state index is -0.514. The molecule has 1 saturated carbocycles. The summed E-state index contributed by atoms with van der Waals surface area (Å²) < 4.78 is 5.31. The molecule has 0 aromatic heterocycles. The van der Waals surface area contributed by atoms with Crippen LogP contribution in [0.4, 0.5) is 0 Å². The van der Waals surface area contributed by atoms with Gasteiger partial charge in [-0.25, -0.2) is 0 Å². The number of methoxy groups -OCH3 is 1.